The van der Waals surface area contributed by atoms with Crippen LogP contribution in [0.25, 0.3) is 0 Å². The molecule has 0 bridgehead atoms. The lowest BCUT2D eigenvalue weighted by molar-refractivity contribution is 0.248. The fraction of sp³-hybridized carbons (Fsp3) is 0.556. The highest BCUT2D eigenvalue weighted by Crippen LogP contribution is 2.18. The van der Waals surface area contributed by atoms with E-state index in [1.54, 1.807) is 0 Å². The van der Waals surface area contributed by atoms with Gasteiger partial charge >= 0.3 is 6.03 Å². The third-order valence-corrected chi connectivity index (χ3v) is 2.60. The number of carbonyl (C=O) groups excluding carboxylic acids is 1. The van der Waals surface area contributed by atoms with E-state index < -0.39 is 0 Å². The molecule has 6 heteroatoms. The van der Waals surface area contributed by atoms with Gasteiger partial charge in [-0.15, -0.1) is 0 Å². The highest BCUT2D eigenvalue weighted by Gasteiger charge is 2.17. The van der Waals surface area contributed by atoms with E-state index in [4.69, 9.17) is 5.73 Å². The van der Waals surface area contributed by atoms with Crippen LogP contribution in [-0.2, 0) is 0 Å². The van der Waals surface area contributed by atoms with Gasteiger partial charge in [-0.2, -0.15) is 5.10 Å². The van der Waals surface area contributed by atoms with Crippen molar-refractivity contribution >= 4 is 17.5 Å². The second kappa shape index (κ2) is 4.20. The van der Waals surface area contributed by atoms with Gasteiger partial charge < -0.3 is 11.1 Å². The van der Waals surface area contributed by atoms with Gasteiger partial charge in [0.15, 0.2) is 5.82 Å². The first-order valence-electron chi connectivity index (χ1n) is 5.12. The molecule has 1 aliphatic carbocycles. The maximum atomic E-state index is 11.5. The molecule has 1 aromatic heterocycles. The van der Waals surface area contributed by atoms with E-state index in [-0.39, 0.29) is 6.03 Å². The van der Waals surface area contributed by atoms with Crippen LogP contribution in [0.3, 0.4) is 0 Å². The summed E-state index contributed by atoms with van der Waals surface area (Å²) in [6.07, 6.45) is 5.97. The van der Waals surface area contributed by atoms with Gasteiger partial charge in [-0.1, -0.05) is 12.8 Å². The van der Waals surface area contributed by atoms with Gasteiger partial charge in [0.25, 0.3) is 0 Å². The molecule has 1 heterocycles. The van der Waals surface area contributed by atoms with Gasteiger partial charge in [0, 0.05) is 6.04 Å². The van der Waals surface area contributed by atoms with Crippen molar-refractivity contribution in [2.24, 2.45) is 0 Å². The first-order valence-corrected chi connectivity index (χ1v) is 5.12. The highest BCUT2D eigenvalue weighted by molar-refractivity contribution is 5.91. The van der Waals surface area contributed by atoms with Gasteiger partial charge in [-0.25, -0.2) is 4.79 Å². The quantitative estimate of drug-likeness (QED) is 0.586. The van der Waals surface area contributed by atoms with Gasteiger partial charge in [0.05, 0.1) is 11.9 Å². The molecule has 0 radical (unpaired) electrons. The molecule has 0 unspecified atom stereocenters. The van der Waals surface area contributed by atoms with E-state index in [1.807, 2.05) is 0 Å². The molecule has 1 saturated carbocycles. The van der Waals surface area contributed by atoms with E-state index in [0.717, 1.165) is 12.8 Å². The van der Waals surface area contributed by atoms with Crippen LogP contribution in [-0.4, -0.2) is 22.3 Å². The summed E-state index contributed by atoms with van der Waals surface area (Å²) in [7, 11) is 0. The third-order valence-electron chi connectivity index (χ3n) is 2.60. The molecule has 5 N–H and O–H groups in total. The third kappa shape index (κ3) is 2.39. The number of rotatable bonds is 2. The van der Waals surface area contributed by atoms with Crippen LogP contribution in [0, 0.1) is 0 Å². The molecule has 0 atom stereocenters. The molecule has 1 fully saturated rings. The minimum absolute atomic E-state index is 0.224. The number of nitrogen functional groups attached to an aromatic ring is 1. The topological polar surface area (TPSA) is 95.8 Å². The summed E-state index contributed by atoms with van der Waals surface area (Å²) in [6.45, 7) is 0. The van der Waals surface area contributed by atoms with Crippen LogP contribution in [0.5, 0.6) is 0 Å². The average Bonchev–Trinajstić information content (AvgIpc) is 2.79. The van der Waals surface area contributed by atoms with E-state index in [9.17, 15) is 4.79 Å². The molecule has 6 nitrogen and oxygen atoms in total. The number of hydrogen-bond donors (Lipinski definition) is 4. The predicted molar refractivity (Wildman–Crippen MR) is 57.4 cm³/mol. The maximum Gasteiger partial charge on any atom is 0.320 e. The zero-order chi connectivity index (χ0) is 10.7. The minimum Gasteiger partial charge on any atom is -0.394 e. The fourth-order valence-corrected chi connectivity index (χ4v) is 1.80. The molecular formula is C9H15N5O. The summed E-state index contributed by atoms with van der Waals surface area (Å²) < 4.78 is 0. The standard InChI is InChI=1S/C9H15N5O/c10-7-5-11-14-8(7)13-9(15)12-6-3-1-2-4-6/h5-6H,1-4,10H2,(H3,11,12,13,14,15). The second-order valence-electron chi connectivity index (χ2n) is 3.78. The molecule has 0 aromatic carbocycles. The molecule has 1 aromatic rings. The highest BCUT2D eigenvalue weighted by atomic mass is 16.2. The summed E-state index contributed by atoms with van der Waals surface area (Å²) in [5.41, 5.74) is 6.00. The van der Waals surface area contributed by atoms with Crippen molar-refractivity contribution in [3.05, 3.63) is 6.20 Å². The Morgan fingerprint density at radius 3 is 2.87 bits per heavy atom. The number of nitrogens with two attached hydrogens (primary N) is 1. The monoisotopic (exact) mass is 209 g/mol. The second-order valence-corrected chi connectivity index (χ2v) is 3.78. The van der Waals surface area contributed by atoms with Crippen LogP contribution in [0.4, 0.5) is 16.3 Å². The number of amides is 2. The molecule has 0 aliphatic heterocycles. The molecule has 0 spiro atoms. The Labute approximate surface area is 87.6 Å². The first-order chi connectivity index (χ1) is 7.25. The lowest BCUT2D eigenvalue weighted by atomic mass is 10.2. The zero-order valence-corrected chi connectivity index (χ0v) is 8.42. The number of nitrogens with zero attached hydrogens (tertiary/aromatic N) is 1. The Morgan fingerprint density at radius 2 is 2.27 bits per heavy atom. The molecule has 1 aliphatic rings. The predicted octanol–water partition coefficient (Wildman–Crippen LogP) is 1.06. The average molecular weight is 209 g/mol. The Hall–Kier alpha value is -1.72. The molecule has 2 amide bonds. The number of nitrogens with one attached hydrogen (secondary N) is 3. The number of aromatic amines is 1. The van der Waals surface area contributed by atoms with Crippen LogP contribution in [0.2, 0.25) is 0 Å². The van der Waals surface area contributed by atoms with Crippen LogP contribution < -0.4 is 16.4 Å². The lowest BCUT2D eigenvalue weighted by Gasteiger charge is -2.12. The van der Waals surface area contributed by atoms with Crippen molar-refractivity contribution in [1.29, 1.82) is 0 Å². The largest absolute Gasteiger partial charge is 0.394 e. The van der Waals surface area contributed by atoms with Gasteiger partial charge in [-0.3, -0.25) is 10.4 Å². The van der Waals surface area contributed by atoms with E-state index >= 15 is 0 Å². The van der Waals surface area contributed by atoms with Crippen molar-refractivity contribution in [2.45, 2.75) is 31.7 Å². The molecule has 0 saturated heterocycles. The van der Waals surface area contributed by atoms with Crippen LogP contribution >= 0.6 is 0 Å². The summed E-state index contributed by atoms with van der Waals surface area (Å²) in [4.78, 5) is 11.5. The smallest absolute Gasteiger partial charge is 0.320 e. The van der Waals surface area contributed by atoms with Gasteiger partial charge in [-0.05, 0) is 12.8 Å². The van der Waals surface area contributed by atoms with Gasteiger partial charge in [0.2, 0.25) is 0 Å². The Morgan fingerprint density at radius 1 is 1.53 bits per heavy atom. The van der Waals surface area contributed by atoms with Crippen molar-refractivity contribution in [1.82, 2.24) is 15.5 Å². The Kier molecular flexibility index (Phi) is 2.75. The van der Waals surface area contributed by atoms with Crippen molar-refractivity contribution < 1.29 is 4.79 Å². The summed E-state index contributed by atoms with van der Waals surface area (Å²) in [6, 6.07) is 0.0759. The molecule has 2 rings (SSSR count). The molecule has 82 valence electrons. The number of aromatic nitrogens is 2. The number of carbonyl (C=O) groups is 1. The normalized spacial score (nSPS) is 16.5. The minimum atomic E-state index is -0.224. The van der Waals surface area contributed by atoms with E-state index in [1.165, 1.54) is 19.0 Å². The Balaban J connectivity index is 1.84. The van der Waals surface area contributed by atoms with Gasteiger partial charge in [0.1, 0.15) is 0 Å². The summed E-state index contributed by atoms with van der Waals surface area (Å²) in [5.74, 6) is 0.450. The number of hydrogen-bond acceptors (Lipinski definition) is 3. The lowest BCUT2D eigenvalue weighted by Crippen LogP contribution is -2.36. The Bertz CT molecular complexity index is 342. The molecule has 15 heavy (non-hydrogen) atoms. The number of urea groups is 1. The van der Waals surface area contributed by atoms with Crippen molar-refractivity contribution in [3.8, 4) is 0 Å². The summed E-state index contributed by atoms with van der Waals surface area (Å²) in [5, 5.41) is 11.8. The van der Waals surface area contributed by atoms with E-state index in [0.29, 0.717) is 17.5 Å². The van der Waals surface area contributed by atoms with Crippen molar-refractivity contribution in [3.63, 3.8) is 0 Å². The number of H-pyrrole nitrogens is 1. The maximum absolute atomic E-state index is 11.5. The SMILES string of the molecule is Nc1cn[nH]c1NC(=O)NC1CCCC1. The summed E-state index contributed by atoms with van der Waals surface area (Å²) >= 11 is 0. The first kappa shape index (κ1) is 9.82. The van der Waals surface area contributed by atoms with Crippen LogP contribution in [0.1, 0.15) is 25.7 Å². The van der Waals surface area contributed by atoms with E-state index in [2.05, 4.69) is 20.8 Å². The fourth-order valence-electron chi connectivity index (χ4n) is 1.80. The molecular weight excluding hydrogens is 194 g/mol. The van der Waals surface area contributed by atoms with Crippen LogP contribution in [0.15, 0.2) is 6.20 Å². The van der Waals surface area contributed by atoms with Crippen molar-refractivity contribution in [2.75, 3.05) is 11.1 Å². The zero-order valence-electron chi connectivity index (χ0n) is 8.42. The number of anilines is 2.